The molecular weight excluding hydrogens is 204 g/mol. The topological polar surface area (TPSA) is 50.4 Å². The van der Waals surface area contributed by atoms with Gasteiger partial charge < -0.3 is 15.4 Å². The van der Waals surface area contributed by atoms with E-state index in [1.807, 2.05) is 20.8 Å². The zero-order valence-corrected chi connectivity index (χ0v) is 10.8. The molecule has 94 valence electrons. The lowest BCUT2D eigenvalue weighted by Crippen LogP contribution is -2.44. The molecule has 0 bridgehead atoms. The molecule has 2 atom stereocenters. The molecular formula is C12H24N2O2. The average molecular weight is 228 g/mol. The number of rotatable bonds is 5. The van der Waals surface area contributed by atoms with Crippen LogP contribution in [0, 0.1) is 11.8 Å². The summed E-state index contributed by atoms with van der Waals surface area (Å²) >= 11 is 0. The van der Waals surface area contributed by atoms with Gasteiger partial charge >= 0.3 is 0 Å². The zero-order chi connectivity index (χ0) is 12.2. The number of hydrogen-bond donors (Lipinski definition) is 2. The van der Waals surface area contributed by atoms with Gasteiger partial charge in [-0.3, -0.25) is 4.79 Å². The first-order valence-electron chi connectivity index (χ1n) is 6.08. The fourth-order valence-electron chi connectivity index (χ4n) is 2.03. The molecule has 1 aliphatic heterocycles. The Hall–Kier alpha value is -0.610. The van der Waals surface area contributed by atoms with Crippen LogP contribution in [0.2, 0.25) is 0 Å². The van der Waals surface area contributed by atoms with Gasteiger partial charge in [0.25, 0.3) is 0 Å². The van der Waals surface area contributed by atoms with Crippen molar-refractivity contribution in [3.05, 3.63) is 0 Å². The lowest BCUT2D eigenvalue weighted by molar-refractivity contribution is -0.127. The van der Waals surface area contributed by atoms with E-state index < -0.39 is 0 Å². The monoisotopic (exact) mass is 228 g/mol. The van der Waals surface area contributed by atoms with Gasteiger partial charge in [-0.05, 0) is 33.2 Å². The zero-order valence-electron chi connectivity index (χ0n) is 10.8. The Balaban J connectivity index is 2.34. The number of amides is 1. The molecule has 0 unspecified atom stereocenters. The molecule has 0 saturated carbocycles. The van der Waals surface area contributed by atoms with Crippen LogP contribution in [0.1, 0.15) is 27.7 Å². The minimum atomic E-state index is -0.278. The van der Waals surface area contributed by atoms with Gasteiger partial charge in [0, 0.05) is 19.7 Å². The molecule has 0 aromatic heterocycles. The third kappa shape index (κ3) is 3.76. The lowest BCUT2D eigenvalue weighted by atomic mass is 9.97. The first-order chi connectivity index (χ1) is 7.46. The van der Waals surface area contributed by atoms with Crippen molar-refractivity contribution in [3.63, 3.8) is 0 Å². The summed E-state index contributed by atoms with van der Waals surface area (Å²) in [5.74, 6) is 0.679. The van der Waals surface area contributed by atoms with E-state index in [-0.39, 0.29) is 17.4 Å². The largest absolute Gasteiger partial charge is 0.374 e. The summed E-state index contributed by atoms with van der Waals surface area (Å²) in [4.78, 5) is 11.9. The Bertz CT molecular complexity index is 241. The van der Waals surface area contributed by atoms with Gasteiger partial charge in [-0.1, -0.05) is 6.92 Å². The average Bonchev–Trinajstić information content (AvgIpc) is 2.61. The Morgan fingerprint density at radius 3 is 2.69 bits per heavy atom. The van der Waals surface area contributed by atoms with Gasteiger partial charge in [0.2, 0.25) is 5.91 Å². The van der Waals surface area contributed by atoms with E-state index >= 15 is 0 Å². The quantitative estimate of drug-likeness (QED) is 0.731. The number of ether oxygens (including phenoxy) is 1. The maximum absolute atomic E-state index is 11.9. The second-order valence-electron chi connectivity index (χ2n) is 5.15. The Kier molecular flexibility index (Phi) is 4.74. The highest BCUT2D eigenvalue weighted by atomic mass is 16.5. The fraction of sp³-hybridized carbons (Fsp3) is 0.917. The van der Waals surface area contributed by atoms with Crippen molar-refractivity contribution in [2.45, 2.75) is 33.3 Å². The highest BCUT2D eigenvalue weighted by Crippen LogP contribution is 2.16. The number of hydrogen-bond acceptors (Lipinski definition) is 3. The standard InChI is InChI=1S/C12H24N2O2/c1-5-16-12(3,4)8-14-11(15)10-7-13-6-9(10)2/h9-10,13H,5-8H2,1-4H3,(H,14,15)/t9-,10-/m1/s1. The molecule has 1 rings (SSSR count). The van der Waals surface area contributed by atoms with Crippen LogP contribution in [0.3, 0.4) is 0 Å². The molecule has 1 amide bonds. The first-order valence-corrected chi connectivity index (χ1v) is 6.08. The van der Waals surface area contributed by atoms with Crippen molar-refractivity contribution in [2.75, 3.05) is 26.2 Å². The Morgan fingerprint density at radius 1 is 1.50 bits per heavy atom. The SMILES string of the molecule is CCOC(C)(C)CNC(=O)[C@@H]1CNC[C@H]1C. The molecule has 0 aromatic carbocycles. The van der Waals surface area contributed by atoms with E-state index in [1.54, 1.807) is 0 Å². The predicted octanol–water partition coefficient (Wildman–Crippen LogP) is 0.773. The molecule has 0 aromatic rings. The number of carbonyl (C=O) groups excluding carboxylic acids is 1. The molecule has 1 aliphatic rings. The normalized spacial score (nSPS) is 25.8. The molecule has 1 heterocycles. The summed E-state index contributed by atoms with van der Waals surface area (Å²) in [7, 11) is 0. The van der Waals surface area contributed by atoms with Crippen molar-refractivity contribution >= 4 is 5.91 Å². The van der Waals surface area contributed by atoms with E-state index in [9.17, 15) is 4.79 Å². The summed E-state index contributed by atoms with van der Waals surface area (Å²) in [6, 6.07) is 0. The number of carbonyl (C=O) groups is 1. The highest BCUT2D eigenvalue weighted by molar-refractivity contribution is 5.79. The lowest BCUT2D eigenvalue weighted by Gasteiger charge is -2.26. The van der Waals surface area contributed by atoms with Crippen molar-refractivity contribution in [3.8, 4) is 0 Å². The van der Waals surface area contributed by atoms with E-state index in [0.29, 0.717) is 19.1 Å². The fourth-order valence-corrected chi connectivity index (χ4v) is 2.03. The van der Waals surface area contributed by atoms with Gasteiger partial charge in [0.1, 0.15) is 0 Å². The van der Waals surface area contributed by atoms with E-state index in [2.05, 4.69) is 17.6 Å². The molecule has 4 heteroatoms. The Morgan fingerprint density at radius 2 is 2.19 bits per heavy atom. The van der Waals surface area contributed by atoms with Gasteiger partial charge in [0.15, 0.2) is 0 Å². The van der Waals surface area contributed by atoms with E-state index in [1.165, 1.54) is 0 Å². The summed E-state index contributed by atoms with van der Waals surface area (Å²) in [6.45, 7) is 11.0. The van der Waals surface area contributed by atoms with Crippen molar-refractivity contribution < 1.29 is 9.53 Å². The van der Waals surface area contributed by atoms with Crippen molar-refractivity contribution in [1.82, 2.24) is 10.6 Å². The van der Waals surface area contributed by atoms with E-state index in [4.69, 9.17) is 4.74 Å². The summed E-state index contributed by atoms with van der Waals surface area (Å²) in [5, 5.41) is 6.21. The highest BCUT2D eigenvalue weighted by Gasteiger charge is 2.30. The van der Waals surface area contributed by atoms with Gasteiger partial charge in [-0.2, -0.15) is 0 Å². The van der Waals surface area contributed by atoms with Crippen LogP contribution in [0.25, 0.3) is 0 Å². The molecule has 1 fully saturated rings. The predicted molar refractivity (Wildman–Crippen MR) is 64.2 cm³/mol. The third-order valence-corrected chi connectivity index (χ3v) is 3.08. The van der Waals surface area contributed by atoms with Gasteiger partial charge in [-0.25, -0.2) is 0 Å². The van der Waals surface area contributed by atoms with Crippen molar-refractivity contribution in [2.24, 2.45) is 11.8 Å². The molecule has 0 spiro atoms. The van der Waals surface area contributed by atoms with Crippen LogP contribution in [0.4, 0.5) is 0 Å². The number of nitrogens with one attached hydrogen (secondary N) is 2. The minimum Gasteiger partial charge on any atom is -0.374 e. The molecule has 2 N–H and O–H groups in total. The minimum absolute atomic E-state index is 0.109. The summed E-state index contributed by atoms with van der Waals surface area (Å²) in [6.07, 6.45) is 0. The van der Waals surface area contributed by atoms with Crippen LogP contribution < -0.4 is 10.6 Å². The molecule has 0 radical (unpaired) electrons. The van der Waals surface area contributed by atoms with Gasteiger partial charge in [0.05, 0.1) is 11.5 Å². The third-order valence-electron chi connectivity index (χ3n) is 3.08. The molecule has 4 nitrogen and oxygen atoms in total. The van der Waals surface area contributed by atoms with Gasteiger partial charge in [-0.15, -0.1) is 0 Å². The first kappa shape index (κ1) is 13.5. The maximum atomic E-state index is 11.9. The van der Waals surface area contributed by atoms with Crippen LogP contribution in [-0.4, -0.2) is 37.7 Å². The van der Waals surface area contributed by atoms with Crippen LogP contribution in [0.5, 0.6) is 0 Å². The molecule has 0 aliphatic carbocycles. The second-order valence-corrected chi connectivity index (χ2v) is 5.15. The summed E-state index contributed by atoms with van der Waals surface area (Å²) < 4.78 is 5.54. The van der Waals surface area contributed by atoms with E-state index in [0.717, 1.165) is 13.1 Å². The van der Waals surface area contributed by atoms with Crippen LogP contribution in [-0.2, 0) is 9.53 Å². The molecule has 1 saturated heterocycles. The van der Waals surface area contributed by atoms with Crippen LogP contribution >= 0.6 is 0 Å². The Labute approximate surface area is 98.1 Å². The van der Waals surface area contributed by atoms with Crippen molar-refractivity contribution in [1.29, 1.82) is 0 Å². The van der Waals surface area contributed by atoms with Crippen LogP contribution in [0.15, 0.2) is 0 Å². The smallest absolute Gasteiger partial charge is 0.224 e. The maximum Gasteiger partial charge on any atom is 0.224 e. The summed E-state index contributed by atoms with van der Waals surface area (Å²) in [5.41, 5.74) is -0.278. The molecule has 16 heavy (non-hydrogen) atoms. The second kappa shape index (κ2) is 5.64.